The summed E-state index contributed by atoms with van der Waals surface area (Å²) in [7, 11) is 1.40. The number of piperidine rings is 1. The summed E-state index contributed by atoms with van der Waals surface area (Å²) in [4.78, 5) is 33.8. The average molecular weight is 393 g/mol. The Kier molecular flexibility index (Phi) is 5.37. The first-order chi connectivity index (χ1) is 14.1. The Morgan fingerprint density at radius 2 is 2.10 bits per heavy atom. The molecule has 0 aliphatic carbocycles. The van der Waals surface area contributed by atoms with Gasteiger partial charge < -0.3 is 9.64 Å². The maximum Gasteiger partial charge on any atom is 0.311 e. The van der Waals surface area contributed by atoms with Crippen LogP contribution in [0.1, 0.15) is 24.8 Å². The Bertz CT molecular complexity index is 929. The molecule has 2 aliphatic heterocycles. The molecule has 29 heavy (non-hydrogen) atoms. The lowest BCUT2D eigenvalue weighted by molar-refractivity contribution is -0.150. The smallest absolute Gasteiger partial charge is 0.311 e. The first-order valence-corrected chi connectivity index (χ1v) is 10.1. The van der Waals surface area contributed by atoms with Gasteiger partial charge in [-0.15, -0.1) is 6.58 Å². The molecular weight excluding hydrogens is 366 g/mol. The van der Waals surface area contributed by atoms with Gasteiger partial charge in [0, 0.05) is 44.2 Å². The second-order valence-corrected chi connectivity index (χ2v) is 7.94. The van der Waals surface area contributed by atoms with Gasteiger partial charge in [0.15, 0.2) is 0 Å². The van der Waals surface area contributed by atoms with E-state index in [2.05, 4.69) is 28.6 Å². The highest BCUT2D eigenvalue weighted by atomic mass is 16.5. The maximum absolute atomic E-state index is 12.6. The van der Waals surface area contributed by atoms with E-state index in [-0.39, 0.29) is 18.3 Å². The monoisotopic (exact) mass is 393 g/mol. The molecule has 3 heterocycles. The van der Waals surface area contributed by atoms with Crippen molar-refractivity contribution in [2.75, 3.05) is 26.7 Å². The van der Waals surface area contributed by atoms with Gasteiger partial charge in [-0.1, -0.05) is 24.3 Å². The van der Waals surface area contributed by atoms with Gasteiger partial charge in [0.2, 0.25) is 5.91 Å². The van der Waals surface area contributed by atoms with Gasteiger partial charge in [0.05, 0.1) is 24.1 Å². The van der Waals surface area contributed by atoms with Gasteiger partial charge in [-0.25, -0.2) is 0 Å². The third-order valence-corrected chi connectivity index (χ3v) is 6.52. The van der Waals surface area contributed by atoms with Crippen LogP contribution in [0.25, 0.3) is 10.9 Å². The zero-order chi connectivity index (χ0) is 20.4. The van der Waals surface area contributed by atoms with Crippen LogP contribution in [0.4, 0.5) is 0 Å². The molecular formula is C23H27N3O3. The molecule has 6 heteroatoms. The van der Waals surface area contributed by atoms with Gasteiger partial charge in [-0.3, -0.25) is 19.5 Å². The van der Waals surface area contributed by atoms with Crippen molar-refractivity contribution < 1.29 is 14.3 Å². The number of pyridine rings is 1. The van der Waals surface area contributed by atoms with E-state index in [9.17, 15) is 9.59 Å². The SMILES string of the molecule is C=CCN1C(=O)CC(C(=O)OC)C12CCN(Cc1cccc3ncccc13)CC2. The Morgan fingerprint density at radius 1 is 1.31 bits per heavy atom. The van der Waals surface area contributed by atoms with E-state index in [1.807, 2.05) is 29.3 Å². The molecule has 1 atom stereocenters. The summed E-state index contributed by atoms with van der Waals surface area (Å²) in [6, 6.07) is 10.3. The summed E-state index contributed by atoms with van der Waals surface area (Å²) < 4.78 is 5.04. The standard InChI is InChI=1S/C23H27N3O3/c1-3-12-26-21(27)15-19(22(28)29-2)23(26)9-13-25(14-10-23)16-17-6-4-8-20-18(17)7-5-11-24-20/h3-8,11,19H,1,9-10,12-16H2,2H3. The number of amides is 1. The van der Waals surface area contributed by atoms with Crippen LogP contribution in [0.2, 0.25) is 0 Å². The van der Waals surface area contributed by atoms with E-state index >= 15 is 0 Å². The highest BCUT2D eigenvalue weighted by Gasteiger charge is 2.56. The van der Waals surface area contributed by atoms with Crippen molar-refractivity contribution in [3.8, 4) is 0 Å². The van der Waals surface area contributed by atoms with Gasteiger partial charge >= 0.3 is 5.97 Å². The molecule has 0 radical (unpaired) electrons. The highest BCUT2D eigenvalue weighted by molar-refractivity contribution is 5.89. The fourth-order valence-electron chi connectivity index (χ4n) is 5.03. The number of carbonyl (C=O) groups excluding carboxylic acids is 2. The lowest BCUT2D eigenvalue weighted by atomic mass is 9.76. The number of fused-ring (bicyclic) bond motifs is 1. The lowest BCUT2D eigenvalue weighted by Crippen LogP contribution is -2.57. The highest BCUT2D eigenvalue weighted by Crippen LogP contribution is 2.44. The van der Waals surface area contributed by atoms with Crippen molar-refractivity contribution >= 4 is 22.8 Å². The number of rotatable bonds is 5. The van der Waals surface area contributed by atoms with Crippen LogP contribution in [0.3, 0.4) is 0 Å². The molecule has 0 N–H and O–H groups in total. The molecule has 0 saturated carbocycles. The average Bonchev–Trinajstić information content (AvgIpc) is 3.01. The number of benzene rings is 1. The molecule has 2 aliphatic rings. The molecule has 1 spiro atoms. The quantitative estimate of drug-likeness (QED) is 0.577. The minimum atomic E-state index is -0.463. The zero-order valence-corrected chi connectivity index (χ0v) is 16.8. The third-order valence-electron chi connectivity index (χ3n) is 6.52. The Morgan fingerprint density at radius 3 is 2.83 bits per heavy atom. The minimum absolute atomic E-state index is 0.0221. The molecule has 1 aromatic carbocycles. The number of hydrogen-bond acceptors (Lipinski definition) is 5. The van der Waals surface area contributed by atoms with Crippen molar-refractivity contribution in [2.24, 2.45) is 5.92 Å². The van der Waals surface area contributed by atoms with Crippen molar-refractivity contribution in [3.05, 3.63) is 54.7 Å². The number of nitrogens with zero attached hydrogens (tertiary/aromatic N) is 3. The second kappa shape index (κ2) is 7.95. The van der Waals surface area contributed by atoms with Crippen molar-refractivity contribution in [2.45, 2.75) is 31.3 Å². The molecule has 2 aromatic rings. The minimum Gasteiger partial charge on any atom is -0.469 e. The van der Waals surface area contributed by atoms with Crippen LogP contribution in [0, 0.1) is 5.92 Å². The molecule has 2 saturated heterocycles. The second-order valence-electron chi connectivity index (χ2n) is 7.94. The van der Waals surface area contributed by atoms with Gasteiger partial charge in [0.25, 0.3) is 0 Å². The van der Waals surface area contributed by atoms with E-state index in [1.54, 1.807) is 6.08 Å². The molecule has 4 rings (SSSR count). The molecule has 1 aromatic heterocycles. The molecule has 152 valence electrons. The molecule has 1 unspecified atom stereocenters. The number of aromatic nitrogens is 1. The fraction of sp³-hybridized carbons (Fsp3) is 0.435. The third kappa shape index (κ3) is 3.42. The van der Waals surface area contributed by atoms with E-state index < -0.39 is 11.5 Å². The van der Waals surface area contributed by atoms with E-state index in [4.69, 9.17) is 4.74 Å². The van der Waals surface area contributed by atoms with Gasteiger partial charge in [-0.05, 0) is 30.5 Å². The van der Waals surface area contributed by atoms with Crippen LogP contribution < -0.4 is 0 Å². The van der Waals surface area contributed by atoms with Crippen molar-refractivity contribution in [3.63, 3.8) is 0 Å². The summed E-state index contributed by atoms with van der Waals surface area (Å²) >= 11 is 0. The summed E-state index contributed by atoms with van der Waals surface area (Å²) in [5.74, 6) is -0.656. The van der Waals surface area contributed by atoms with Crippen LogP contribution >= 0.6 is 0 Å². The number of ether oxygens (including phenoxy) is 1. The van der Waals surface area contributed by atoms with Crippen LogP contribution in [-0.4, -0.2) is 58.9 Å². The number of carbonyl (C=O) groups is 2. The summed E-state index contributed by atoms with van der Waals surface area (Å²) in [6.07, 6.45) is 5.31. The summed E-state index contributed by atoms with van der Waals surface area (Å²) in [6.45, 7) is 6.75. The number of esters is 1. The Balaban J connectivity index is 1.54. The van der Waals surface area contributed by atoms with Crippen molar-refractivity contribution in [1.29, 1.82) is 0 Å². The molecule has 6 nitrogen and oxygen atoms in total. The Labute approximate surface area is 171 Å². The normalized spacial score (nSPS) is 21.6. The zero-order valence-electron chi connectivity index (χ0n) is 16.8. The largest absolute Gasteiger partial charge is 0.469 e. The molecule has 1 amide bonds. The predicted octanol–water partition coefficient (Wildman–Crippen LogP) is 2.78. The van der Waals surface area contributed by atoms with E-state index in [1.165, 1.54) is 18.1 Å². The van der Waals surface area contributed by atoms with Crippen molar-refractivity contribution in [1.82, 2.24) is 14.8 Å². The summed E-state index contributed by atoms with van der Waals surface area (Å²) in [5, 5.41) is 1.17. The predicted molar refractivity (Wildman–Crippen MR) is 111 cm³/mol. The Hall–Kier alpha value is -2.73. The number of methoxy groups -OCH3 is 1. The maximum atomic E-state index is 12.6. The molecule has 0 bridgehead atoms. The van der Waals surface area contributed by atoms with Gasteiger partial charge in [-0.2, -0.15) is 0 Å². The van der Waals surface area contributed by atoms with Gasteiger partial charge in [0.1, 0.15) is 0 Å². The van der Waals surface area contributed by atoms with Crippen LogP contribution in [0.15, 0.2) is 49.2 Å². The van der Waals surface area contributed by atoms with E-state index in [0.29, 0.717) is 6.54 Å². The topological polar surface area (TPSA) is 62.7 Å². The lowest BCUT2D eigenvalue weighted by Gasteiger charge is -2.47. The summed E-state index contributed by atoms with van der Waals surface area (Å²) in [5.41, 5.74) is 1.79. The first kappa shape index (κ1) is 19.6. The number of hydrogen-bond donors (Lipinski definition) is 0. The molecule has 2 fully saturated rings. The fourth-order valence-corrected chi connectivity index (χ4v) is 5.03. The van der Waals surface area contributed by atoms with Crippen LogP contribution in [0.5, 0.6) is 0 Å². The first-order valence-electron chi connectivity index (χ1n) is 10.1. The van der Waals surface area contributed by atoms with Crippen LogP contribution in [-0.2, 0) is 20.9 Å². The van der Waals surface area contributed by atoms with E-state index in [0.717, 1.165) is 38.0 Å². The number of likely N-dealkylation sites (tertiary alicyclic amines) is 2.